The van der Waals surface area contributed by atoms with Gasteiger partial charge in [0, 0.05) is 19.6 Å². The van der Waals surface area contributed by atoms with Crippen LogP contribution >= 0.6 is 0 Å². The number of benzene rings is 1. The first-order valence-electron chi connectivity index (χ1n) is 6.60. The molecule has 3 nitrogen and oxygen atoms in total. The predicted octanol–water partition coefficient (Wildman–Crippen LogP) is 2.22. The Labute approximate surface area is 109 Å². The Morgan fingerprint density at radius 1 is 1.28 bits per heavy atom. The van der Waals surface area contributed by atoms with E-state index in [2.05, 4.69) is 24.0 Å². The van der Waals surface area contributed by atoms with Gasteiger partial charge in [0.1, 0.15) is 11.9 Å². The Morgan fingerprint density at radius 2 is 1.89 bits per heavy atom. The van der Waals surface area contributed by atoms with Crippen molar-refractivity contribution in [2.45, 2.75) is 38.9 Å². The van der Waals surface area contributed by atoms with Crippen LogP contribution in [-0.2, 0) is 0 Å². The maximum atomic E-state index is 9.66. The average Bonchev–Trinajstić information content (AvgIpc) is 2.22. The first kappa shape index (κ1) is 13.4. The molecule has 1 aliphatic rings. The fourth-order valence-electron chi connectivity index (χ4n) is 2.02. The molecule has 100 valence electrons. The third kappa shape index (κ3) is 4.00. The van der Waals surface area contributed by atoms with E-state index in [1.807, 2.05) is 26.0 Å². The Kier molecular flexibility index (Phi) is 3.93. The van der Waals surface area contributed by atoms with Crippen molar-refractivity contribution in [2.75, 3.05) is 19.6 Å². The number of likely N-dealkylation sites (tertiary alicyclic amines) is 1. The van der Waals surface area contributed by atoms with Gasteiger partial charge in [0.15, 0.2) is 0 Å². The van der Waals surface area contributed by atoms with Crippen LogP contribution in [0.5, 0.6) is 5.75 Å². The second-order valence-corrected chi connectivity index (χ2v) is 5.87. The van der Waals surface area contributed by atoms with E-state index in [0.29, 0.717) is 6.10 Å². The zero-order chi connectivity index (χ0) is 13.2. The molecule has 1 heterocycles. The lowest BCUT2D eigenvalue weighted by Crippen LogP contribution is -2.54. The van der Waals surface area contributed by atoms with Gasteiger partial charge in [-0.3, -0.25) is 4.90 Å². The van der Waals surface area contributed by atoms with E-state index in [-0.39, 0.29) is 0 Å². The zero-order valence-corrected chi connectivity index (χ0v) is 11.5. The van der Waals surface area contributed by atoms with Crippen LogP contribution < -0.4 is 4.74 Å². The van der Waals surface area contributed by atoms with E-state index in [1.54, 1.807) is 0 Å². The van der Waals surface area contributed by atoms with Gasteiger partial charge in [0.25, 0.3) is 0 Å². The fraction of sp³-hybridized carbons (Fsp3) is 0.600. The first-order valence-corrected chi connectivity index (χ1v) is 6.60. The first-order chi connectivity index (χ1) is 8.42. The second kappa shape index (κ2) is 5.29. The van der Waals surface area contributed by atoms with Crippen LogP contribution in [0.2, 0.25) is 0 Å². The minimum absolute atomic E-state index is 0.300. The molecule has 0 aromatic heterocycles. The molecular weight excluding hydrogens is 226 g/mol. The number of nitrogens with zero attached hydrogens (tertiary/aromatic N) is 1. The number of ether oxygens (including phenoxy) is 1. The summed E-state index contributed by atoms with van der Waals surface area (Å²) < 4.78 is 5.86. The summed E-state index contributed by atoms with van der Waals surface area (Å²) in [5, 5.41) is 9.66. The van der Waals surface area contributed by atoms with Gasteiger partial charge < -0.3 is 9.84 Å². The largest absolute Gasteiger partial charge is 0.488 e. The molecule has 0 aliphatic carbocycles. The van der Waals surface area contributed by atoms with E-state index in [4.69, 9.17) is 4.74 Å². The molecule has 1 saturated heterocycles. The molecule has 1 aromatic rings. The summed E-state index contributed by atoms with van der Waals surface area (Å²) in [4.78, 5) is 2.32. The highest BCUT2D eigenvalue weighted by atomic mass is 16.5. The monoisotopic (exact) mass is 249 g/mol. The molecule has 1 fully saturated rings. The maximum absolute atomic E-state index is 9.66. The van der Waals surface area contributed by atoms with Crippen LogP contribution in [0.4, 0.5) is 0 Å². The van der Waals surface area contributed by atoms with Crippen LogP contribution in [0.3, 0.4) is 0 Å². The van der Waals surface area contributed by atoms with Crippen LogP contribution in [0, 0.1) is 6.92 Å². The van der Waals surface area contributed by atoms with Crippen molar-refractivity contribution in [3.8, 4) is 5.75 Å². The normalized spacial score (nSPS) is 17.6. The lowest BCUT2D eigenvalue weighted by Gasteiger charge is -2.40. The van der Waals surface area contributed by atoms with Gasteiger partial charge in [-0.1, -0.05) is 17.7 Å². The minimum atomic E-state index is -0.567. The highest BCUT2D eigenvalue weighted by molar-refractivity contribution is 5.26. The molecule has 0 atom stereocenters. The Bertz CT molecular complexity index is 374. The second-order valence-electron chi connectivity index (χ2n) is 5.87. The maximum Gasteiger partial charge on any atom is 0.124 e. The van der Waals surface area contributed by atoms with Crippen molar-refractivity contribution in [1.82, 2.24) is 4.90 Å². The number of hydrogen-bond acceptors (Lipinski definition) is 3. The van der Waals surface area contributed by atoms with Gasteiger partial charge in [-0.25, -0.2) is 0 Å². The van der Waals surface area contributed by atoms with E-state index >= 15 is 0 Å². The zero-order valence-electron chi connectivity index (χ0n) is 11.5. The summed E-state index contributed by atoms with van der Waals surface area (Å²) in [6.45, 7) is 8.65. The van der Waals surface area contributed by atoms with Crippen molar-refractivity contribution in [3.05, 3.63) is 29.8 Å². The number of aryl methyl sites for hydroxylation is 1. The van der Waals surface area contributed by atoms with Crippen LogP contribution in [0.25, 0.3) is 0 Å². The topological polar surface area (TPSA) is 32.7 Å². The molecule has 1 aliphatic heterocycles. The lowest BCUT2D eigenvalue weighted by molar-refractivity contribution is -0.00398. The molecule has 0 amide bonds. The number of rotatable bonds is 5. The molecule has 3 heteroatoms. The summed E-state index contributed by atoms with van der Waals surface area (Å²) in [5.74, 6) is 0.952. The summed E-state index contributed by atoms with van der Waals surface area (Å²) in [6, 6.07) is 8.18. The molecular formula is C15H23NO2. The van der Waals surface area contributed by atoms with Crippen molar-refractivity contribution >= 4 is 0 Å². The average molecular weight is 249 g/mol. The lowest BCUT2D eigenvalue weighted by atomic mass is 10.0. The highest BCUT2D eigenvalue weighted by Crippen LogP contribution is 2.19. The molecule has 0 saturated carbocycles. The van der Waals surface area contributed by atoms with E-state index in [9.17, 15) is 5.11 Å². The van der Waals surface area contributed by atoms with Crippen molar-refractivity contribution in [1.29, 1.82) is 0 Å². The van der Waals surface area contributed by atoms with Gasteiger partial charge in [0.05, 0.1) is 5.60 Å². The Balaban J connectivity index is 1.68. The SMILES string of the molecule is Cc1ccc(OC2CN(CCC(C)(C)O)C2)cc1. The van der Waals surface area contributed by atoms with Crippen molar-refractivity contribution in [3.63, 3.8) is 0 Å². The van der Waals surface area contributed by atoms with Gasteiger partial charge in [-0.05, 0) is 39.3 Å². The Morgan fingerprint density at radius 3 is 2.44 bits per heavy atom. The standard InChI is InChI=1S/C15H23NO2/c1-12-4-6-13(7-5-12)18-14-10-16(11-14)9-8-15(2,3)17/h4-7,14,17H,8-11H2,1-3H3. The third-order valence-electron chi connectivity index (χ3n) is 3.29. The molecule has 1 aromatic carbocycles. The highest BCUT2D eigenvalue weighted by Gasteiger charge is 2.29. The number of aliphatic hydroxyl groups is 1. The van der Waals surface area contributed by atoms with Gasteiger partial charge in [-0.2, -0.15) is 0 Å². The molecule has 0 spiro atoms. The summed E-state index contributed by atoms with van der Waals surface area (Å²) in [5.41, 5.74) is 0.686. The quantitative estimate of drug-likeness (QED) is 0.868. The molecule has 2 rings (SSSR count). The van der Waals surface area contributed by atoms with Crippen LogP contribution in [-0.4, -0.2) is 41.3 Å². The Hall–Kier alpha value is -1.06. The van der Waals surface area contributed by atoms with E-state index in [1.165, 1.54) is 5.56 Å². The molecule has 0 bridgehead atoms. The van der Waals surface area contributed by atoms with Gasteiger partial charge >= 0.3 is 0 Å². The smallest absolute Gasteiger partial charge is 0.124 e. The molecule has 18 heavy (non-hydrogen) atoms. The summed E-state index contributed by atoms with van der Waals surface area (Å²) in [7, 11) is 0. The fourth-order valence-corrected chi connectivity index (χ4v) is 2.02. The van der Waals surface area contributed by atoms with Gasteiger partial charge in [0.2, 0.25) is 0 Å². The molecule has 0 unspecified atom stereocenters. The molecule has 0 radical (unpaired) electrons. The van der Waals surface area contributed by atoms with Crippen molar-refractivity contribution < 1.29 is 9.84 Å². The van der Waals surface area contributed by atoms with Crippen LogP contribution in [0.15, 0.2) is 24.3 Å². The van der Waals surface area contributed by atoms with Crippen molar-refractivity contribution in [2.24, 2.45) is 0 Å². The third-order valence-corrected chi connectivity index (χ3v) is 3.29. The summed E-state index contributed by atoms with van der Waals surface area (Å²) in [6.07, 6.45) is 1.11. The van der Waals surface area contributed by atoms with E-state index < -0.39 is 5.60 Å². The minimum Gasteiger partial charge on any atom is -0.488 e. The molecule has 1 N–H and O–H groups in total. The van der Waals surface area contributed by atoms with Gasteiger partial charge in [-0.15, -0.1) is 0 Å². The van der Waals surface area contributed by atoms with Crippen LogP contribution in [0.1, 0.15) is 25.8 Å². The number of hydrogen-bond donors (Lipinski definition) is 1. The summed E-state index contributed by atoms with van der Waals surface area (Å²) >= 11 is 0. The van der Waals surface area contributed by atoms with E-state index in [0.717, 1.165) is 31.8 Å². The predicted molar refractivity (Wildman–Crippen MR) is 72.9 cm³/mol.